The molecule has 17 heavy (non-hydrogen) atoms. The van der Waals surface area contributed by atoms with E-state index >= 15 is 0 Å². The van der Waals surface area contributed by atoms with Crippen molar-refractivity contribution >= 4 is 17.7 Å². The largest absolute Gasteiger partial charge is 0.368 e. The Kier molecular flexibility index (Phi) is 3.69. The highest BCUT2D eigenvalue weighted by molar-refractivity contribution is 7.99. The summed E-state index contributed by atoms with van der Waals surface area (Å²) in [6.07, 6.45) is 3.91. The van der Waals surface area contributed by atoms with Crippen LogP contribution in [-0.4, -0.2) is 29.2 Å². The van der Waals surface area contributed by atoms with Gasteiger partial charge >= 0.3 is 0 Å². The van der Waals surface area contributed by atoms with Gasteiger partial charge in [0.25, 0.3) is 0 Å². The summed E-state index contributed by atoms with van der Waals surface area (Å²) in [4.78, 5) is 15.9. The molecule has 0 radical (unpaired) electrons. The minimum atomic E-state index is -0.581. The van der Waals surface area contributed by atoms with E-state index in [1.54, 1.807) is 18.0 Å². The van der Waals surface area contributed by atoms with Gasteiger partial charge < -0.3 is 11.1 Å². The third-order valence-corrected chi connectivity index (χ3v) is 4.38. The lowest BCUT2D eigenvalue weighted by molar-refractivity contribution is -0.124. The minimum Gasteiger partial charge on any atom is -0.368 e. The Balaban J connectivity index is 2.06. The summed E-state index contributed by atoms with van der Waals surface area (Å²) in [5.41, 5.74) is 4.97. The second-order valence-corrected chi connectivity index (χ2v) is 5.31. The molecule has 1 fully saturated rings. The van der Waals surface area contributed by atoms with Gasteiger partial charge in [-0.1, -0.05) is 6.07 Å². The number of aromatic nitrogens is 1. The van der Waals surface area contributed by atoms with Crippen molar-refractivity contribution in [1.29, 1.82) is 0 Å². The van der Waals surface area contributed by atoms with Crippen LogP contribution in [0.3, 0.4) is 0 Å². The number of nitrogens with zero attached hydrogens (tertiary/aromatic N) is 1. The van der Waals surface area contributed by atoms with Crippen LogP contribution in [0.1, 0.15) is 12.8 Å². The first-order valence-corrected chi connectivity index (χ1v) is 6.70. The van der Waals surface area contributed by atoms with Crippen LogP contribution in [-0.2, 0) is 4.79 Å². The molecule has 1 atom stereocenters. The Morgan fingerprint density at radius 1 is 1.65 bits per heavy atom. The third kappa shape index (κ3) is 2.61. The zero-order valence-corrected chi connectivity index (χ0v) is 10.7. The molecule has 0 aromatic carbocycles. The van der Waals surface area contributed by atoms with Crippen LogP contribution in [0.2, 0.25) is 0 Å². The van der Waals surface area contributed by atoms with Gasteiger partial charge in [0.2, 0.25) is 5.91 Å². The molecule has 4 nitrogen and oxygen atoms in total. The lowest BCUT2D eigenvalue weighted by Gasteiger charge is -2.29. The molecule has 0 saturated heterocycles. The van der Waals surface area contributed by atoms with Gasteiger partial charge in [-0.3, -0.25) is 4.79 Å². The maximum absolute atomic E-state index is 11.7. The van der Waals surface area contributed by atoms with Gasteiger partial charge in [0.1, 0.15) is 5.54 Å². The minimum absolute atomic E-state index is 0.258. The number of carbonyl (C=O) groups excluding carboxylic acids is 1. The van der Waals surface area contributed by atoms with Gasteiger partial charge in [-0.05, 0) is 37.9 Å². The number of nitrogens with two attached hydrogens (primary N) is 1. The quantitative estimate of drug-likeness (QED) is 0.741. The van der Waals surface area contributed by atoms with Crippen LogP contribution in [0.4, 0.5) is 0 Å². The molecule has 1 aromatic rings. The normalized spacial score (nSPS) is 18.6. The number of likely N-dealkylation sites (N-methyl/N-ethyl adjacent to an activating group) is 1. The first-order chi connectivity index (χ1) is 8.19. The molecule has 1 saturated carbocycles. The summed E-state index contributed by atoms with van der Waals surface area (Å²) in [5.74, 6) is 0.757. The topological polar surface area (TPSA) is 68.0 Å². The van der Waals surface area contributed by atoms with E-state index in [2.05, 4.69) is 10.3 Å². The van der Waals surface area contributed by atoms with Crippen molar-refractivity contribution in [1.82, 2.24) is 10.3 Å². The predicted octanol–water partition coefficient (Wildman–Crippen LogP) is 1.03. The Hall–Kier alpha value is -1.07. The molecule has 1 aromatic heterocycles. The van der Waals surface area contributed by atoms with E-state index < -0.39 is 5.54 Å². The molecule has 3 N–H and O–H groups in total. The van der Waals surface area contributed by atoms with E-state index in [-0.39, 0.29) is 5.91 Å². The van der Waals surface area contributed by atoms with E-state index in [0.29, 0.717) is 11.7 Å². The summed E-state index contributed by atoms with van der Waals surface area (Å²) < 4.78 is 0. The Morgan fingerprint density at radius 3 is 2.88 bits per heavy atom. The van der Waals surface area contributed by atoms with Crippen molar-refractivity contribution < 1.29 is 4.79 Å². The van der Waals surface area contributed by atoms with Crippen LogP contribution in [0, 0.1) is 5.92 Å². The van der Waals surface area contributed by atoms with Crippen molar-refractivity contribution in [3.63, 3.8) is 0 Å². The van der Waals surface area contributed by atoms with Gasteiger partial charge in [-0.2, -0.15) is 0 Å². The fraction of sp³-hybridized carbons (Fsp3) is 0.500. The lowest BCUT2D eigenvalue weighted by Crippen LogP contribution is -2.57. The molecule has 92 valence electrons. The number of primary amides is 1. The predicted molar refractivity (Wildman–Crippen MR) is 68.7 cm³/mol. The maximum atomic E-state index is 11.7. The number of carbonyl (C=O) groups is 1. The zero-order valence-electron chi connectivity index (χ0n) is 9.85. The van der Waals surface area contributed by atoms with E-state index in [0.717, 1.165) is 17.9 Å². The van der Waals surface area contributed by atoms with Crippen molar-refractivity contribution in [3.8, 4) is 0 Å². The number of amides is 1. The van der Waals surface area contributed by atoms with E-state index in [1.165, 1.54) is 0 Å². The molecule has 1 unspecified atom stereocenters. The molecule has 1 aliphatic rings. The Morgan fingerprint density at radius 2 is 2.41 bits per heavy atom. The first kappa shape index (κ1) is 12.4. The van der Waals surface area contributed by atoms with Crippen molar-refractivity contribution in [2.24, 2.45) is 11.7 Å². The van der Waals surface area contributed by atoms with Crippen LogP contribution in [0.5, 0.6) is 0 Å². The van der Waals surface area contributed by atoms with Gasteiger partial charge in [0.05, 0.1) is 5.03 Å². The molecule has 1 heterocycles. The van der Waals surface area contributed by atoms with Gasteiger partial charge in [-0.15, -0.1) is 11.8 Å². The maximum Gasteiger partial charge on any atom is 0.238 e. The van der Waals surface area contributed by atoms with Gasteiger partial charge in [0.15, 0.2) is 0 Å². The first-order valence-electron chi connectivity index (χ1n) is 5.71. The highest BCUT2D eigenvalue weighted by atomic mass is 32.2. The van der Waals surface area contributed by atoms with Crippen LogP contribution >= 0.6 is 11.8 Å². The van der Waals surface area contributed by atoms with Crippen LogP contribution in [0.15, 0.2) is 29.4 Å². The summed E-state index contributed by atoms with van der Waals surface area (Å²) in [6.45, 7) is 0. The summed E-state index contributed by atoms with van der Waals surface area (Å²) >= 11 is 1.57. The molecular formula is C12H17N3OS. The second kappa shape index (κ2) is 5.06. The molecule has 0 bridgehead atoms. The number of thioether (sulfide) groups is 1. The highest BCUT2D eigenvalue weighted by Gasteiger charge is 2.48. The number of nitrogens with one attached hydrogen (secondary N) is 1. The SMILES string of the molecule is CNC(CSc1ccccn1)(C(N)=O)C1CC1. The molecular weight excluding hydrogens is 234 g/mol. The fourth-order valence-corrected chi connectivity index (χ4v) is 3.19. The molecule has 5 heteroatoms. The van der Waals surface area contributed by atoms with Crippen molar-refractivity contribution in [2.45, 2.75) is 23.4 Å². The average Bonchev–Trinajstić information content (AvgIpc) is 3.16. The van der Waals surface area contributed by atoms with Gasteiger partial charge in [-0.25, -0.2) is 4.98 Å². The summed E-state index contributed by atoms with van der Waals surface area (Å²) in [7, 11) is 1.81. The average molecular weight is 251 g/mol. The molecule has 0 aliphatic heterocycles. The highest BCUT2D eigenvalue weighted by Crippen LogP contribution is 2.41. The van der Waals surface area contributed by atoms with Crippen LogP contribution < -0.4 is 11.1 Å². The summed E-state index contributed by atoms with van der Waals surface area (Å²) in [6, 6.07) is 5.76. The van der Waals surface area contributed by atoms with Crippen LogP contribution in [0.25, 0.3) is 0 Å². The molecule has 2 rings (SSSR count). The number of hydrogen-bond donors (Lipinski definition) is 2. The molecule has 1 aliphatic carbocycles. The van der Waals surface area contributed by atoms with Gasteiger partial charge in [0, 0.05) is 11.9 Å². The fourth-order valence-electron chi connectivity index (χ4n) is 1.99. The van der Waals surface area contributed by atoms with E-state index in [9.17, 15) is 4.79 Å². The van der Waals surface area contributed by atoms with Crippen molar-refractivity contribution in [3.05, 3.63) is 24.4 Å². The smallest absolute Gasteiger partial charge is 0.238 e. The van der Waals surface area contributed by atoms with E-state index in [4.69, 9.17) is 5.73 Å². The number of pyridine rings is 1. The summed E-state index contributed by atoms with van der Waals surface area (Å²) in [5, 5.41) is 4.05. The second-order valence-electron chi connectivity index (χ2n) is 4.32. The molecule has 1 amide bonds. The standard InChI is InChI=1S/C12H17N3OS/c1-14-12(11(13)16,9-5-6-9)8-17-10-4-2-3-7-15-10/h2-4,7,9,14H,5-6,8H2,1H3,(H2,13,16). The Labute approximate surface area is 105 Å². The zero-order chi connectivity index (χ0) is 12.3. The van der Waals surface area contributed by atoms with E-state index in [1.807, 2.05) is 25.2 Å². The monoisotopic (exact) mass is 251 g/mol. The number of rotatable bonds is 6. The molecule has 0 spiro atoms. The van der Waals surface area contributed by atoms with Crippen molar-refractivity contribution in [2.75, 3.05) is 12.8 Å². The third-order valence-electron chi connectivity index (χ3n) is 3.25. The Bertz CT molecular complexity index is 394. The lowest BCUT2D eigenvalue weighted by atomic mass is 9.95. The number of hydrogen-bond acceptors (Lipinski definition) is 4.